The van der Waals surface area contributed by atoms with Gasteiger partial charge in [0.25, 0.3) is 0 Å². The van der Waals surface area contributed by atoms with Gasteiger partial charge in [0.15, 0.2) is 0 Å². The Hall–Kier alpha value is -2.31. The van der Waals surface area contributed by atoms with E-state index in [1.807, 2.05) is 66.5 Å². The van der Waals surface area contributed by atoms with Crippen LogP contribution in [0.2, 0.25) is 0 Å². The molecule has 0 aliphatic heterocycles. The fourth-order valence-corrected chi connectivity index (χ4v) is 3.26. The van der Waals surface area contributed by atoms with E-state index in [9.17, 15) is 0 Å². The summed E-state index contributed by atoms with van der Waals surface area (Å²) < 4.78 is 12.1. The van der Waals surface area contributed by atoms with Crippen LogP contribution in [0, 0.1) is 0 Å². The van der Waals surface area contributed by atoms with Gasteiger partial charge in [0.1, 0.15) is 11.5 Å². The maximum atomic E-state index is 6.05. The fourth-order valence-electron chi connectivity index (χ4n) is 2.14. The average Bonchev–Trinajstić information content (AvgIpc) is 2.62. The third-order valence-corrected chi connectivity index (χ3v) is 4.46. The second kappa shape index (κ2) is 8.36. The monoisotopic (exact) mass is 322 g/mol. The molecular formula is C20H19O2P. The number of allylic oxidation sites excluding steroid dienone is 3. The van der Waals surface area contributed by atoms with Gasteiger partial charge in [-0.05, 0) is 48.8 Å². The van der Waals surface area contributed by atoms with Crippen LogP contribution in [0.5, 0.6) is 5.75 Å². The highest BCUT2D eigenvalue weighted by atomic mass is 31.2. The number of hydrogen-bond acceptors (Lipinski definition) is 2. The molecule has 0 saturated heterocycles. The van der Waals surface area contributed by atoms with Gasteiger partial charge in [-0.1, -0.05) is 54.6 Å². The minimum absolute atomic E-state index is 0.816. The average molecular weight is 322 g/mol. The van der Waals surface area contributed by atoms with E-state index >= 15 is 0 Å². The van der Waals surface area contributed by atoms with Gasteiger partial charge in [-0.3, -0.25) is 0 Å². The van der Waals surface area contributed by atoms with Crippen molar-refractivity contribution >= 4 is 14.5 Å². The van der Waals surface area contributed by atoms with Crippen molar-refractivity contribution in [2.24, 2.45) is 0 Å². The Bertz CT molecular complexity index is 690. The number of para-hydroxylation sites is 1. The Morgan fingerprint density at radius 3 is 2.26 bits per heavy atom. The Morgan fingerprint density at radius 1 is 0.826 bits per heavy atom. The first-order valence-electron chi connectivity index (χ1n) is 7.70. The molecule has 0 radical (unpaired) electrons. The molecule has 1 unspecified atom stereocenters. The maximum Gasteiger partial charge on any atom is 0.318 e. The van der Waals surface area contributed by atoms with Crippen molar-refractivity contribution in [2.45, 2.75) is 12.8 Å². The van der Waals surface area contributed by atoms with E-state index in [1.165, 1.54) is 0 Å². The van der Waals surface area contributed by atoms with E-state index in [0.29, 0.717) is 0 Å². The van der Waals surface area contributed by atoms with Gasteiger partial charge in [0.05, 0.1) is 0 Å². The summed E-state index contributed by atoms with van der Waals surface area (Å²) >= 11 is 0. The molecule has 2 aromatic carbocycles. The summed E-state index contributed by atoms with van der Waals surface area (Å²) in [6.07, 6.45) is 10.4. The van der Waals surface area contributed by atoms with Crippen molar-refractivity contribution in [1.82, 2.24) is 0 Å². The van der Waals surface area contributed by atoms with Gasteiger partial charge < -0.3 is 9.05 Å². The van der Waals surface area contributed by atoms with E-state index in [4.69, 9.17) is 9.05 Å². The molecule has 1 aliphatic rings. The van der Waals surface area contributed by atoms with Crippen LogP contribution in [0.3, 0.4) is 0 Å². The summed E-state index contributed by atoms with van der Waals surface area (Å²) in [5.74, 6) is 3.70. The van der Waals surface area contributed by atoms with Gasteiger partial charge in [-0.2, -0.15) is 0 Å². The molecule has 1 atom stereocenters. The molecule has 0 heterocycles. The molecule has 0 N–H and O–H groups in total. The molecule has 116 valence electrons. The normalized spacial score (nSPS) is 15.2. The van der Waals surface area contributed by atoms with Crippen LogP contribution in [0.4, 0.5) is 0 Å². The minimum atomic E-state index is -1.18. The molecule has 0 saturated carbocycles. The zero-order valence-corrected chi connectivity index (χ0v) is 13.7. The number of rotatable bonds is 6. The van der Waals surface area contributed by atoms with Gasteiger partial charge in [-0.15, -0.1) is 0 Å². The molecular weight excluding hydrogens is 303 g/mol. The highest BCUT2D eigenvalue weighted by Crippen LogP contribution is 2.44. The Kier molecular flexibility index (Phi) is 5.66. The number of hydrogen-bond donors (Lipinski definition) is 0. The zero-order valence-electron chi connectivity index (χ0n) is 12.8. The highest BCUT2D eigenvalue weighted by molar-refractivity contribution is 7.51. The van der Waals surface area contributed by atoms with Crippen molar-refractivity contribution in [1.29, 1.82) is 0 Å². The molecule has 0 bridgehead atoms. The highest BCUT2D eigenvalue weighted by Gasteiger charge is 2.12. The van der Waals surface area contributed by atoms with Crippen LogP contribution in [0.15, 0.2) is 90.5 Å². The van der Waals surface area contributed by atoms with Crippen LogP contribution < -0.4 is 4.52 Å². The van der Waals surface area contributed by atoms with Crippen molar-refractivity contribution in [3.63, 3.8) is 0 Å². The Labute approximate surface area is 138 Å². The third-order valence-electron chi connectivity index (χ3n) is 3.28. The van der Waals surface area contributed by atoms with E-state index in [1.54, 1.807) is 0 Å². The standard InChI is InChI=1S/C20H19O2P/c1-4-10-18(11-5-1)16-17-23(21-19-12-6-2-7-13-19)22-20-14-8-3-9-15-20/h1-2,4-8,10-17H,3,9H2/b17-16+. The van der Waals surface area contributed by atoms with Crippen molar-refractivity contribution < 1.29 is 9.05 Å². The first-order valence-corrected chi connectivity index (χ1v) is 8.95. The third kappa shape index (κ3) is 5.12. The lowest BCUT2D eigenvalue weighted by atomic mass is 10.2. The van der Waals surface area contributed by atoms with Gasteiger partial charge in [-0.25, -0.2) is 0 Å². The lowest BCUT2D eigenvalue weighted by Gasteiger charge is -2.17. The smallest absolute Gasteiger partial charge is 0.318 e. The van der Waals surface area contributed by atoms with Crippen LogP contribution in [0.25, 0.3) is 6.08 Å². The predicted molar refractivity (Wildman–Crippen MR) is 97.0 cm³/mol. The van der Waals surface area contributed by atoms with E-state index in [0.717, 1.165) is 29.9 Å². The lowest BCUT2D eigenvalue weighted by Crippen LogP contribution is -1.93. The fraction of sp³-hybridized carbons (Fsp3) is 0.100. The molecule has 0 aromatic heterocycles. The SMILES string of the molecule is C1=CC(OP(/C=C/c2ccccc2)Oc2ccccc2)=CCC1. The van der Waals surface area contributed by atoms with E-state index in [2.05, 4.69) is 24.3 Å². The summed E-state index contributed by atoms with van der Waals surface area (Å²) in [6, 6.07) is 20.0. The second-order valence-electron chi connectivity index (χ2n) is 5.09. The predicted octanol–water partition coefficient (Wildman–Crippen LogP) is 6.30. The molecule has 0 amide bonds. The molecule has 1 aliphatic carbocycles. The van der Waals surface area contributed by atoms with E-state index in [-0.39, 0.29) is 0 Å². The molecule has 3 rings (SSSR count). The van der Waals surface area contributed by atoms with Crippen LogP contribution in [-0.4, -0.2) is 0 Å². The Morgan fingerprint density at radius 2 is 1.57 bits per heavy atom. The largest absolute Gasteiger partial charge is 0.436 e. The van der Waals surface area contributed by atoms with Gasteiger partial charge in [0, 0.05) is 5.82 Å². The van der Waals surface area contributed by atoms with Crippen molar-refractivity contribution in [2.75, 3.05) is 0 Å². The maximum absolute atomic E-state index is 6.05. The quantitative estimate of drug-likeness (QED) is 0.581. The molecule has 0 spiro atoms. The minimum Gasteiger partial charge on any atom is -0.436 e. The van der Waals surface area contributed by atoms with Crippen LogP contribution >= 0.6 is 8.38 Å². The molecule has 0 fully saturated rings. The summed E-state index contributed by atoms with van der Waals surface area (Å²) in [6.45, 7) is 0. The zero-order chi connectivity index (χ0) is 15.7. The summed E-state index contributed by atoms with van der Waals surface area (Å²) in [4.78, 5) is 0. The topological polar surface area (TPSA) is 18.5 Å². The van der Waals surface area contributed by atoms with E-state index < -0.39 is 8.38 Å². The molecule has 2 nitrogen and oxygen atoms in total. The second-order valence-corrected chi connectivity index (χ2v) is 6.33. The van der Waals surface area contributed by atoms with Gasteiger partial charge >= 0.3 is 8.38 Å². The van der Waals surface area contributed by atoms with Crippen molar-refractivity contribution in [3.8, 4) is 5.75 Å². The Balaban J connectivity index is 1.73. The molecule has 23 heavy (non-hydrogen) atoms. The van der Waals surface area contributed by atoms with Crippen LogP contribution in [-0.2, 0) is 4.52 Å². The first-order chi connectivity index (χ1) is 11.4. The molecule has 3 heteroatoms. The first kappa shape index (κ1) is 15.6. The summed E-state index contributed by atoms with van der Waals surface area (Å²) in [5.41, 5.74) is 1.13. The number of benzene rings is 2. The molecule has 2 aromatic rings. The van der Waals surface area contributed by atoms with Gasteiger partial charge in [0.2, 0.25) is 0 Å². The van der Waals surface area contributed by atoms with Crippen LogP contribution in [0.1, 0.15) is 18.4 Å². The summed E-state index contributed by atoms with van der Waals surface area (Å²) in [7, 11) is -1.18. The van der Waals surface area contributed by atoms with Crippen molar-refractivity contribution in [3.05, 3.63) is 96.0 Å². The lowest BCUT2D eigenvalue weighted by molar-refractivity contribution is 0.424. The summed E-state index contributed by atoms with van der Waals surface area (Å²) in [5, 5.41) is 0.